The van der Waals surface area contributed by atoms with Crippen LogP contribution in [0.25, 0.3) is 0 Å². The van der Waals surface area contributed by atoms with Crippen molar-refractivity contribution in [1.29, 1.82) is 0 Å². The molecule has 0 aliphatic heterocycles. The van der Waals surface area contributed by atoms with E-state index in [1.165, 1.54) is 0 Å². The Bertz CT molecular complexity index is 299. The lowest BCUT2D eigenvalue weighted by Gasteiger charge is -2.05. The highest BCUT2D eigenvalue weighted by Crippen LogP contribution is 2.32. The van der Waals surface area contributed by atoms with E-state index in [9.17, 15) is 13.2 Å². The zero-order valence-electron chi connectivity index (χ0n) is 5.36. The van der Waals surface area contributed by atoms with Gasteiger partial charge >= 0.3 is 6.18 Å². The molecule has 0 amide bonds. The summed E-state index contributed by atoms with van der Waals surface area (Å²) in [6.07, 6.45) is -4.59. The average molecular weight is 217 g/mol. The Hall–Kier alpha value is -0.550. The van der Waals surface area contributed by atoms with Gasteiger partial charge in [0, 0.05) is 0 Å². The van der Waals surface area contributed by atoms with Crippen molar-refractivity contribution in [2.45, 2.75) is 6.18 Å². The lowest BCUT2D eigenvalue weighted by molar-refractivity contribution is -0.141. The van der Waals surface area contributed by atoms with Crippen LogP contribution in [0.1, 0.15) is 5.69 Å². The molecule has 0 N–H and O–H groups in total. The summed E-state index contributed by atoms with van der Waals surface area (Å²) < 4.78 is 35.9. The van der Waals surface area contributed by atoms with Gasteiger partial charge in [-0.1, -0.05) is 23.2 Å². The molecule has 0 radical (unpaired) electrons. The maximum atomic E-state index is 12.0. The normalized spacial score (nSPS) is 11.8. The van der Waals surface area contributed by atoms with Crippen molar-refractivity contribution in [1.82, 2.24) is 10.2 Å². The van der Waals surface area contributed by atoms with E-state index >= 15 is 0 Å². The quantitative estimate of drug-likeness (QED) is 0.667. The van der Waals surface area contributed by atoms with Crippen molar-refractivity contribution in [3.63, 3.8) is 0 Å². The zero-order chi connectivity index (χ0) is 9.35. The van der Waals surface area contributed by atoms with Crippen molar-refractivity contribution >= 4 is 23.2 Å². The number of rotatable bonds is 0. The van der Waals surface area contributed by atoms with Gasteiger partial charge in [-0.3, -0.25) is 0 Å². The highest BCUT2D eigenvalue weighted by molar-refractivity contribution is 6.34. The molecule has 2 nitrogen and oxygen atoms in total. The molecule has 0 saturated heterocycles. The number of aromatic nitrogens is 2. The van der Waals surface area contributed by atoms with Crippen LogP contribution in [-0.4, -0.2) is 10.2 Å². The molecule has 1 aromatic rings. The van der Waals surface area contributed by atoms with Crippen LogP contribution in [0.15, 0.2) is 6.07 Å². The molecular formula is C5HCl2F3N2. The Morgan fingerprint density at radius 2 is 1.75 bits per heavy atom. The summed E-state index contributed by atoms with van der Waals surface area (Å²) in [5.74, 6) is 0. The number of hydrogen-bond acceptors (Lipinski definition) is 2. The molecule has 0 fully saturated rings. The van der Waals surface area contributed by atoms with Gasteiger partial charge in [0.1, 0.15) is 0 Å². The molecule has 0 atom stereocenters. The van der Waals surface area contributed by atoms with Crippen LogP contribution in [0.5, 0.6) is 0 Å². The molecule has 0 aliphatic rings. The minimum Gasteiger partial charge on any atom is -0.164 e. The maximum absolute atomic E-state index is 12.0. The molecule has 0 unspecified atom stereocenters. The Balaban J connectivity index is 3.19. The van der Waals surface area contributed by atoms with Gasteiger partial charge in [0.15, 0.2) is 10.8 Å². The fraction of sp³-hybridized carbons (Fsp3) is 0.200. The first-order valence-corrected chi connectivity index (χ1v) is 3.43. The predicted octanol–water partition coefficient (Wildman–Crippen LogP) is 2.80. The van der Waals surface area contributed by atoms with Crippen LogP contribution in [0, 0.1) is 0 Å². The second-order valence-electron chi connectivity index (χ2n) is 1.86. The van der Waals surface area contributed by atoms with Crippen LogP contribution in [0.2, 0.25) is 10.2 Å². The molecule has 1 rings (SSSR count). The monoisotopic (exact) mass is 216 g/mol. The standard InChI is InChI=1S/C5HCl2F3N2/c6-2-1-3(7)11-12-4(2)5(8,9)10/h1H. The van der Waals surface area contributed by atoms with Crippen molar-refractivity contribution in [2.24, 2.45) is 0 Å². The molecule has 1 aromatic heterocycles. The van der Waals surface area contributed by atoms with E-state index in [0.29, 0.717) is 0 Å². The Morgan fingerprint density at radius 3 is 2.17 bits per heavy atom. The van der Waals surface area contributed by atoms with Gasteiger partial charge in [0.25, 0.3) is 0 Å². The van der Waals surface area contributed by atoms with Crippen molar-refractivity contribution in [2.75, 3.05) is 0 Å². The second kappa shape index (κ2) is 3.06. The molecule has 0 aromatic carbocycles. The summed E-state index contributed by atoms with van der Waals surface area (Å²) in [6.45, 7) is 0. The number of halogens is 5. The third-order valence-corrected chi connectivity index (χ3v) is 1.46. The van der Waals surface area contributed by atoms with Gasteiger partial charge in [-0.25, -0.2) is 0 Å². The predicted molar refractivity (Wildman–Crippen MR) is 37.1 cm³/mol. The van der Waals surface area contributed by atoms with Crippen LogP contribution in [-0.2, 0) is 6.18 Å². The SMILES string of the molecule is FC(F)(F)c1nnc(Cl)cc1Cl. The van der Waals surface area contributed by atoms with E-state index in [1.807, 2.05) is 0 Å². The summed E-state index contributed by atoms with van der Waals surface area (Å²) in [5, 5.41) is 5.10. The number of hydrogen-bond donors (Lipinski definition) is 0. The summed E-state index contributed by atoms with van der Waals surface area (Å²) in [5.41, 5.74) is -1.23. The zero-order valence-corrected chi connectivity index (χ0v) is 6.87. The Labute approximate surface area is 75.3 Å². The average Bonchev–Trinajstić information content (AvgIpc) is 1.83. The number of nitrogens with zero attached hydrogens (tertiary/aromatic N) is 2. The highest BCUT2D eigenvalue weighted by Gasteiger charge is 2.35. The van der Waals surface area contributed by atoms with E-state index in [0.717, 1.165) is 6.07 Å². The first kappa shape index (κ1) is 9.54. The molecule has 0 aliphatic carbocycles. The first-order chi connectivity index (χ1) is 5.41. The largest absolute Gasteiger partial charge is 0.436 e. The van der Waals surface area contributed by atoms with E-state index in [-0.39, 0.29) is 5.15 Å². The molecule has 66 valence electrons. The molecule has 0 spiro atoms. The summed E-state index contributed by atoms with van der Waals surface area (Å²) >= 11 is 10.4. The molecule has 7 heteroatoms. The third-order valence-electron chi connectivity index (χ3n) is 0.986. The molecule has 0 bridgehead atoms. The lowest BCUT2D eigenvalue weighted by atomic mass is 10.4. The Morgan fingerprint density at radius 1 is 1.17 bits per heavy atom. The lowest BCUT2D eigenvalue weighted by Crippen LogP contribution is -2.09. The first-order valence-electron chi connectivity index (χ1n) is 2.67. The minimum atomic E-state index is -4.59. The van der Waals surface area contributed by atoms with Gasteiger partial charge in [-0.2, -0.15) is 13.2 Å². The fourth-order valence-electron chi connectivity index (χ4n) is 0.539. The minimum absolute atomic E-state index is 0.173. The smallest absolute Gasteiger partial charge is 0.164 e. The second-order valence-corrected chi connectivity index (χ2v) is 2.66. The van der Waals surface area contributed by atoms with Crippen LogP contribution >= 0.6 is 23.2 Å². The molecule has 12 heavy (non-hydrogen) atoms. The van der Waals surface area contributed by atoms with E-state index in [1.54, 1.807) is 0 Å². The van der Waals surface area contributed by atoms with Gasteiger partial charge < -0.3 is 0 Å². The van der Waals surface area contributed by atoms with E-state index in [2.05, 4.69) is 10.2 Å². The third kappa shape index (κ3) is 1.98. The maximum Gasteiger partial charge on any atom is 0.436 e. The van der Waals surface area contributed by atoms with Crippen molar-refractivity contribution in [3.8, 4) is 0 Å². The summed E-state index contributed by atoms with van der Waals surface area (Å²) in [7, 11) is 0. The van der Waals surface area contributed by atoms with E-state index < -0.39 is 16.9 Å². The van der Waals surface area contributed by atoms with Crippen LogP contribution < -0.4 is 0 Å². The Kier molecular flexibility index (Phi) is 2.44. The molecule has 1 heterocycles. The van der Waals surface area contributed by atoms with Gasteiger partial charge in [0.05, 0.1) is 5.02 Å². The molecular weight excluding hydrogens is 216 g/mol. The number of alkyl halides is 3. The van der Waals surface area contributed by atoms with Crippen molar-refractivity contribution in [3.05, 3.63) is 21.9 Å². The van der Waals surface area contributed by atoms with Crippen molar-refractivity contribution < 1.29 is 13.2 Å². The summed E-state index contributed by atoms with van der Waals surface area (Å²) in [4.78, 5) is 0. The fourth-order valence-corrected chi connectivity index (χ4v) is 0.990. The van der Waals surface area contributed by atoms with Gasteiger partial charge in [-0.05, 0) is 6.07 Å². The molecule has 0 saturated carbocycles. The van der Waals surface area contributed by atoms with Crippen LogP contribution in [0.4, 0.5) is 13.2 Å². The topological polar surface area (TPSA) is 25.8 Å². The van der Waals surface area contributed by atoms with E-state index in [4.69, 9.17) is 23.2 Å². The summed E-state index contributed by atoms with van der Waals surface area (Å²) in [6, 6.07) is 0.888. The van der Waals surface area contributed by atoms with Gasteiger partial charge in [-0.15, -0.1) is 10.2 Å². The van der Waals surface area contributed by atoms with Gasteiger partial charge in [0.2, 0.25) is 0 Å². The highest BCUT2D eigenvalue weighted by atomic mass is 35.5. The van der Waals surface area contributed by atoms with Crippen LogP contribution in [0.3, 0.4) is 0 Å².